The molecule has 0 bridgehead atoms. The normalized spacial score (nSPS) is 10.4. The first-order valence-corrected chi connectivity index (χ1v) is 11.9. The fraction of sp³-hybridized carbons (Fsp3) is 0.647. The van der Waals surface area contributed by atoms with Crippen LogP contribution in [0.3, 0.4) is 0 Å². The highest BCUT2D eigenvalue weighted by atomic mass is 79.9. The van der Waals surface area contributed by atoms with Gasteiger partial charge in [0.05, 0.1) is 29.0 Å². The lowest BCUT2D eigenvalue weighted by Gasteiger charge is -2.20. The van der Waals surface area contributed by atoms with Crippen LogP contribution in [-0.4, -0.2) is 67.0 Å². The molecular weight excluding hydrogens is 510 g/mol. The first-order valence-electron chi connectivity index (χ1n) is 9.45. The van der Waals surface area contributed by atoms with Crippen LogP contribution in [0.1, 0.15) is 41.5 Å². The molecule has 0 aliphatic carbocycles. The van der Waals surface area contributed by atoms with E-state index in [9.17, 15) is 0 Å². The van der Waals surface area contributed by atoms with E-state index in [0.717, 1.165) is 15.1 Å². The third kappa shape index (κ3) is 15.7. The van der Waals surface area contributed by atoms with Gasteiger partial charge in [0.15, 0.2) is 0 Å². The predicted molar refractivity (Wildman–Crippen MR) is 129 cm³/mol. The zero-order valence-corrected chi connectivity index (χ0v) is 22.3. The Kier molecular flexibility index (Phi) is 16.4. The van der Waals surface area contributed by atoms with Crippen molar-refractivity contribution in [3.63, 3.8) is 0 Å². The van der Waals surface area contributed by atoms with Gasteiger partial charge in [-0.15, -0.1) is 0 Å². The van der Waals surface area contributed by atoms with Gasteiger partial charge in [0.2, 0.25) is 0 Å². The third-order valence-electron chi connectivity index (χ3n) is 2.71. The van der Waals surface area contributed by atoms with E-state index in [4.69, 9.17) is 33.5 Å². The molecule has 0 unspecified atom stereocenters. The molecule has 0 aliphatic heterocycles. The van der Waals surface area contributed by atoms with Crippen LogP contribution < -0.4 is 14.3 Å². The zero-order chi connectivity index (χ0) is 24.0. The van der Waals surface area contributed by atoms with Gasteiger partial charge in [-0.2, -0.15) is 0 Å². The van der Waals surface area contributed by atoms with Gasteiger partial charge in [-0.05, 0) is 57.5 Å². The fourth-order valence-corrected chi connectivity index (χ4v) is 3.16. The number of rotatable bonds is 9. The Bertz CT molecular complexity index is 682. The van der Waals surface area contributed by atoms with Crippen LogP contribution in [0.4, 0.5) is 0 Å². The van der Waals surface area contributed by atoms with Gasteiger partial charge >= 0.3 is 14.4 Å². The smallest absolute Gasteiger partial charge is 0.473 e. The number of nitrogens with zero attached hydrogens (tertiary/aromatic N) is 2. The van der Waals surface area contributed by atoms with E-state index in [2.05, 4.69) is 25.9 Å². The largest absolute Gasteiger partial charge is 0.639 e. The van der Waals surface area contributed by atoms with Gasteiger partial charge in [-0.1, -0.05) is 22.7 Å². The molecule has 0 amide bonds. The Morgan fingerprint density at radius 3 is 1.45 bits per heavy atom. The van der Waals surface area contributed by atoms with E-state index in [-0.39, 0.29) is 18.3 Å². The van der Waals surface area contributed by atoms with E-state index in [1.54, 1.807) is 13.3 Å². The quantitative estimate of drug-likeness (QED) is 0.463. The highest BCUT2D eigenvalue weighted by Gasteiger charge is 2.25. The lowest BCUT2D eigenvalue weighted by atomic mass is 9.91. The molecule has 0 atom stereocenters. The van der Waals surface area contributed by atoms with Crippen molar-refractivity contribution >= 4 is 57.8 Å². The summed E-state index contributed by atoms with van der Waals surface area (Å²) in [6.07, 6.45) is 3.42. The predicted octanol–water partition coefficient (Wildman–Crippen LogP) is 2.99. The summed E-state index contributed by atoms with van der Waals surface area (Å²) in [5.74, 6) is 0. The number of halogens is 1. The molecule has 0 saturated heterocycles. The van der Waals surface area contributed by atoms with Gasteiger partial charge in [0, 0.05) is 24.5 Å². The molecule has 2 aromatic heterocycles. The monoisotopic (exact) mass is 540 g/mol. The number of hydrogen-bond acceptors (Lipinski definition) is 11. The third-order valence-corrected chi connectivity index (χ3v) is 5.15. The Labute approximate surface area is 201 Å². The van der Waals surface area contributed by atoms with E-state index in [1.165, 1.54) is 24.6 Å². The van der Waals surface area contributed by atoms with Gasteiger partial charge in [-0.25, -0.2) is 9.97 Å². The molecule has 2 N–H and O–H groups in total. The first kappa shape index (κ1) is 30.3. The second kappa shape index (κ2) is 16.8. The molecule has 0 saturated carbocycles. The average molecular weight is 541 g/mol. The minimum atomic E-state index is -1.44. The minimum absolute atomic E-state index is 0.113. The van der Waals surface area contributed by atoms with E-state index in [1.807, 2.05) is 41.5 Å². The second-order valence-corrected chi connectivity index (χ2v) is 9.98. The van der Waals surface area contributed by atoms with Crippen LogP contribution in [0.25, 0.3) is 0 Å². The maximum atomic E-state index is 8.60. The van der Waals surface area contributed by atoms with Crippen molar-refractivity contribution in [2.45, 2.75) is 59.9 Å². The van der Waals surface area contributed by atoms with Crippen molar-refractivity contribution in [2.24, 2.45) is 0 Å². The standard InChI is InChI=1S/C9H21BO3.C4H6BNO3S.C4H4BrNOS/c1-7(2)11-10(12-8(3)4)13-9(5)6;1-9-4-6-2-3(10-4)5(7)8;1-7-4-6-2-3(5)8-4/h7-9H,1-6H3;2,7-8H,1H3;2H,1H3. The molecule has 0 aromatic carbocycles. The van der Waals surface area contributed by atoms with Crippen molar-refractivity contribution < 1.29 is 33.5 Å². The molecule has 2 heterocycles. The van der Waals surface area contributed by atoms with Crippen LogP contribution in [0.5, 0.6) is 10.4 Å². The topological polar surface area (TPSA) is 112 Å². The lowest BCUT2D eigenvalue weighted by Crippen LogP contribution is -2.34. The number of ether oxygens (including phenoxy) is 2. The molecule has 14 heteroatoms. The van der Waals surface area contributed by atoms with Crippen LogP contribution in [0, 0.1) is 0 Å². The zero-order valence-electron chi connectivity index (χ0n) is 19.1. The lowest BCUT2D eigenvalue weighted by molar-refractivity contribution is 0.0335. The molecule has 0 aliphatic rings. The molecular formula is C17H31B2BrN2O7S2. The van der Waals surface area contributed by atoms with Crippen molar-refractivity contribution in [2.75, 3.05) is 14.2 Å². The second-order valence-electron chi connectivity index (χ2n) is 6.58. The Morgan fingerprint density at radius 2 is 1.23 bits per heavy atom. The van der Waals surface area contributed by atoms with Crippen LogP contribution in [0.15, 0.2) is 16.2 Å². The molecule has 176 valence electrons. The molecule has 31 heavy (non-hydrogen) atoms. The van der Waals surface area contributed by atoms with Gasteiger partial charge in [-0.3, -0.25) is 0 Å². The Morgan fingerprint density at radius 1 is 0.806 bits per heavy atom. The van der Waals surface area contributed by atoms with Crippen LogP contribution in [0.2, 0.25) is 0 Å². The first-order chi connectivity index (χ1) is 14.5. The van der Waals surface area contributed by atoms with Crippen LogP contribution in [-0.2, 0) is 14.0 Å². The molecule has 0 radical (unpaired) electrons. The van der Waals surface area contributed by atoms with Crippen molar-refractivity contribution in [1.82, 2.24) is 9.97 Å². The number of methoxy groups -OCH3 is 2. The highest BCUT2D eigenvalue weighted by Crippen LogP contribution is 2.24. The van der Waals surface area contributed by atoms with Gasteiger partial charge < -0.3 is 33.5 Å². The van der Waals surface area contributed by atoms with Gasteiger partial charge in [0.1, 0.15) is 0 Å². The maximum Gasteiger partial charge on any atom is 0.639 e. The molecule has 2 aromatic rings. The van der Waals surface area contributed by atoms with Crippen molar-refractivity contribution in [3.05, 3.63) is 16.2 Å². The van der Waals surface area contributed by atoms with Gasteiger partial charge in [0.25, 0.3) is 10.4 Å². The molecule has 2 rings (SSSR count). The summed E-state index contributed by atoms with van der Waals surface area (Å²) in [6.45, 7) is 11.8. The Hall–Kier alpha value is -0.730. The maximum absolute atomic E-state index is 8.60. The SMILES string of the molecule is CC(C)OB(OC(C)C)OC(C)C.COc1ncc(B(O)O)s1.COc1ncc(Br)s1. The average Bonchev–Trinajstić information content (AvgIpc) is 3.29. The summed E-state index contributed by atoms with van der Waals surface area (Å²) >= 11 is 5.83. The molecule has 0 fully saturated rings. The fourth-order valence-electron chi connectivity index (χ4n) is 1.58. The number of thiazole rings is 2. The summed E-state index contributed by atoms with van der Waals surface area (Å²) in [5, 5.41) is 18.3. The highest BCUT2D eigenvalue weighted by molar-refractivity contribution is 9.11. The number of hydrogen-bond donors (Lipinski definition) is 2. The molecule has 0 spiro atoms. The van der Waals surface area contributed by atoms with E-state index >= 15 is 0 Å². The summed E-state index contributed by atoms with van der Waals surface area (Å²) in [4.78, 5) is 7.62. The van der Waals surface area contributed by atoms with E-state index < -0.39 is 14.4 Å². The summed E-state index contributed by atoms with van der Waals surface area (Å²) in [7, 11) is 1.10. The van der Waals surface area contributed by atoms with Crippen molar-refractivity contribution in [1.29, 1.82) is 0 Å². The minimum Gasteiger partial charge on any atom is -0.473 e. The molecule has 9 nitrogen and oxygen atoms in total. The summed E-state index contributed by atoms with van der Waals surface area (Å²) in [5.41, 5.74) is 0. The summed E-state index contributed by atoms with van der Waals surface area (Å²) < 4.78 is 27.2. The summed E-state index contributed by atoms with van der Waals surface area (Å²) in [6, 6.07) is 0. The van der Waals surface area contributed by atoms with Crippen molar-refractivity contribution in [3.8, 4) is 10.4 Å². The van der Waals surface area contributed by atoms with E-state index in [0.29, 0.717) is 15.2 Å². The Balaban J connectivity index is 0.000000447. The van der Waals surface area contributed by atoms with Crippen LogP contribution >= 0.6 is 38.6 Å². The number of aromatic nitrogens is 2.